The highest BCUT2D eigenvalue weighted by molar-refractivity contribution is 5.56. The van der Waals surface area contributed by atoms with Gasteiger partial charge in [0.1, 0.15) is 6.29 Å². The zero-order valence-corrected chi connectivity index (χ0v) is 16.4. The van der Waals surface area contributed by atoms with Crippen LogP contribution in [0, 0.1) is 40.9 Å². The van der Waals surface area contributed by atoms with Gasteiger partial charge in [-0.3, -0.25) is 0 Å². The van der Waals surface area contributed by atoms with E-state index in [1.165, 1.54) is 64.1 Å². The van der Waals surface area contributed by atoms with Crippen molar-refractivity contribution < 1.29 is 4.79 Å². The van der Waals surface area contributed by atoms with E-state index in [9.17, 15) is 4.79 Å². The van der Waals surface area contributed by atoms with Gasteiger partial charge in [0.05, 0.1) is 0 Å². The Balaban J connectivity index is 0.000000815. The Morgan fingerprint density at radius 2 is 1.88 bits per heavy atom. The van der Waals surface area contributed by atoms with E-state index >= 15 is 0 Å². The fourth-order valence-electron chi connectivity index (χ4n) is 7.00. The molecule has 0 spiro atoms. The Bertz CT molecular complexity index is 478. The van der Waals surface area contributed by atoms with Crippen LogP contribution in [0.15, 0.2) is 11.6 Å². The Morgan fingerprint density at radius 3 is 2.58 bits per heavy atom. The largest absolute Gasteiger partial charge is 0.303 e. The SMILES string of the molecule is CC.CCC1C=C2CCC3C(CCC4(C)C(C=O)CCC34)C2CC1. The molecule has 0 aromatic heterocycles. The molecule has 0 saturated heterocycles. The molecule has 0 aromatic carbocycles. The zero-order chi connectivity index (χ0) is 17.3. The second kappa shape index (κ2) is 7.34. The van der Waals surface area contributed by atoms with Crippen LogP contribution in [0.5, 0.6) is 0 Å². The van der Waals surface area contributed by atoms with Gasteiger partial charge in [0.2, 0.25) is 0 Å². The van der Waals surface area contributed by atoms with E-state index < -0.39 is 0 Å². The summed E-state index contributed by atoms with van der Waals surface area (Å²) in [4.78, 5) is 11.5. The summed E-state index contributed by atoms with van der Waals surface area (Å²) in [5.74, 6) is 4.83. The molecule has 0 bridgehead atoms. The van der Waals surface area contributed by atoms with Crippen LogP contribution < -0.4 is 0 Å². The van der Waals surface area contributed by atoms with Gasteiger partial charge in [-0.05, 0) is 92.8 Å². The second-order valence-electron chi connectivity index (χ2n) is 8.93. The van der Waals surface area contributed by atoms with Crippen LogP contribution in [0.2, 0.25) is 0 Å². The zero-order valence-electron chi connectivity index (χ0n) is 16.4. The van der Waals surface area contributed by atoms with Crippen molar-refractivity contribution in [2.24, 2.45) is 40.9 Å². The molecule has 3 saturated carbocycles. The Hall–Kier alpha value is -0.590. The van der Waals surface area contributed by atoms with Gasteiger partial charge < -0.3 is 4.79 Å². The molecule has 0 N–H and O–H groups in total. The Morgan fingerprint density at radius 1 is 1.08 bits per heavy atom. The first kappa shape index (κ1) is 18.2. The third-order valence-electron chi connectivity index (χ3n) is 8.31. The van der Waals surface area contributed by atoms with Gasteiger partial charge in [0.25, 0.3) is 0 Å². The van der Waals surface area contributed by atoms with Gasteiger partial charge in [-0.15, -0.1) is 0 Å². The summed E-state index contributed by atoms with van der Waals surface area (Å²) in [6.07, 6.45) is 16.1. The third kappa shape index (κ3) is 2.80. The Labute approximate surface area is 149 Å². The first-order valence-corrected chi connectivity index (χ1v) is 10.8. The van der Waals surface area contributed by atoms with Gasteiger partial charge >= 0.3 is 0 Å². The molecule has 0 aliphatic heterocycles. The van der Waals surface area contributed by atoms with Gasteiger partial charge in [-0.1, -0.05) is 39.3 Å². The maximum atomic E-state index is 11.5. The number of allylic oxidation sites excluding steroid dienone is 2. The number of hydrogen-bond donors (Lipinski definition) is 0. The fourth-order valence-corrected chi connectivity index (χ4v) is 7.00. The topological polar surface area (TPSA) is 17.1 Å². The lowest BCUT2D eigenvalue weighted by molar-refractivity contribution is -0.116. The van der Waals surface area contributed by atoms with Crippen molar-refractivity contribution in [3.63, 3.8) is 0 Å². The number of carbonyl (C=O) groups excluding carboxylic acids is 1. The molecule has 24 heavy (non-hydrogen) atoms. The molecule has 7 atom stereocenters. The first-order valence-electron chi connectivity index (χ1n) is 10.8. The molecular formula is C23H38O. The molecule has 0 amide bonds. The van der Waals surface area contributed by atoms with E-state index in [0.29, 0.717) is 11.3 Å². The van der Waals surface area contributed by atoms with E-state index in [1.807, 2.05) is 19.4 Å². The van der Waals surface area contributed by atoms with E-state index in [1.54, 1.807) is 0 Å². The number of hydrogen-bond acceptors (Lipinski definition) is 1. The van der Waals surface area contributed by atoms with Crippen LogP contribution in [0.3, 0.4) is 0 Å². The lowest BCUT2D eigenvalue weighted by atomic mass is 9.51. The summed E-state index contributed by atoms with van der Waals surface area (Å²) >= 11 is 0. The Kier molecular flexibility index (Phi) is 5.57. The van der Waals surface area contributed by atoms with Gasteiger partial charge in [-0.2, -0.15) is 0 Å². The molecule has 4 rings (SSSR count). The fraction of sp³-hybridized carbons (Fsp3) is 0.870. The highest BCUT2D eigenvalue weighted by atomic mass is 16.1. The van der Waals surface area contributed by atoms with Crippen LogP contribution in [-0.4, -0.2) is 6.29 Å². The maximum Gasteiger partial charge on any atom is 0.123 e. The van der Waals surface area contributed by atoms with E-state index in [-0.39, 0.29) is 0 Å². The quantitative estimate of drug-likeness (QED) is 0.421. The minimum atomic E-state index is 0.338. The molecule has 0 radical (unpaired) electrons. The average molecular weight is 331 g/mol. The predicted octanol–water partition coefficient (Wildman–Crippen LogP) is 6.43. The minimum absolute atomic E-state index is 0.338. The third-order valence-corrected chi connectivity index (χ3v) is 8.31. The lowest BCUT2D eigenvalue weighted by Crippen LogP contribution is -2.46. The molecule has 3 fully saturated rings. The summed E-state index contributed by atoms with van der Waals surface area (Å²) in [5, 5.41) is 0. The van der Waals surface area contributed by atoms with Crippen molar-refractivity contribution >= 4 is 6.29 Å². The number of carbonyl (C=O) groups is 1. The molecule has 7 unspecified atom stereocenters. The van der Waals surface area contributed by atoms with Crippen LogP contribution in [0.25, 0.3) is 0 Å². The van der Waals surface area contributed by atoms with Crippen LogP contribution in [0.1, 0.15) is 85.5 Å². The van der Waals surface area contributed by atoms with Gasteiger partial charge in [0.15, 0.2) is 0 Å². The molecule has 4 aliphatic rings. The van der Waals surface area contributed by atoms with E-state index in [4.69, 9.17) is 0 Å². The van der Waals surface area contributed by atoms with Crippen LogP contribution >= 0.6 is 0 Å². The van der Waals surface area contributed by atoms with Crippen molar-refractivity contribution in [1.82, 2.24) is 0 Å². The monoisotopic (exact) mass is 330 g/mol. The summed E-state index contributed by atoms with van der Waals surface area (Å²) in [5.41, 5.74) is 2.16. The molecular weight excluding hydrogens is 292 g/mol. The summed E-state index contributed by atoms with van der Waals surface area (Å²) in [7, 11) is 0. The number of fused-ring (bicyclic) bond motifs is 5. The first-order chi connectivity index (χ1) is 11.7. The van der Waals surface area contributed by atoms with Crippen LogP contribution in [0.4, 0.5) is 0 Å². The summed E-state index contributed by atoms with van der Waals surface area (Å²) < 4.78 is 0. The van der Waals surface area contributed by atoms with Crippen molar-refractivity contribution in [1.29, 1.82) is 0 Å². The molecule has 0 aromatic rings. The van der Waals surface area contributed by atoms with Gasteiger partial charge in [-0.25, -0.2) is 0 Å². The standard InChI is InChI=1S/C21H32O.C2H6/c1-3-14-4-7-17-15(12-14)5-8-19-18(17)10-11-21(2)16(13-22)6-9-20(19)21;1-2/h12-14,16-20H,3-11H2,1-2H3;1-2H3. The summed E-state index contributed by atoms with van der Waals surface area (Å²) in [6, 6.07) is 0. The highest BCUT2D eigenvalue weighted by Gasteiger charge is 2.55. The number of rotatable bonds is 2. The molecule has 136 valence electrons. The van der Waals surface area contributed by atoms with Crippen molar-refractivity contribution in [2.75, 3.05) is 0 Å². The molecule has 1 nitrogen and oxygen atoms in total. The molecule has 1 heteroatoms. The van der Waals surface area contributed by atoms with Crippen LogP contribution in [-0.2, 0) is 4.79 Å². The predicted molar refractivity (Wildman–Crippen MR) is 102 cm³/mol. The average Bonchev–Trinajstić information content (AvgIpc) is 2.99. The normalized spacial score (nSPS) is 46.6. The molecule has 0 heterocycles. The molecule has 4 aliphatic carbocycles. The maximum absolute atomic E-state index is 11.5. The lowest BCUT2D eigenvalue weighted by Gasteiger charge is -2.54. The van der Waals surface area contributed by atoms with Gasteiger partial charge in [0, 0.05) is 5.92 Å². The summed E-state index contributed by atoms with van der Waals surface area (Å²) in [6.45, 7) is 8.79. The highest BCUT2D eigenvalue weighted by Crippen LogP contribution is 2.63. The van der Waals surface area contributed by atoms with E-state index in [0.717, 1.165) is 29.6 Å². The number of aldehydes is 1. The second-order valence-corrected chi connectivity index (χ2v) is 8.93. The van der Waals surface area contributed by atoms with E-state index in [2.05, 4.69) is 19.9 Å². The van der Waals surface area contributed by atoms with Crippen molar-refractivity contribution in [3.05, 3.63) is 11.6 Å². The minimum Gasteiger partial charge on any atom is -0.303 e. The van der Waals surface area contributed by atoms with Crippen molar-refractivity contribution in [3.8, 4) is 0 Å². The smallest absolute Gasteiger partial charge is 0.123 e. The van der Waals surface area contributed by atoms with Crippen molar-refractivity contribution in [2.45, 2.75) is 85.5 Å².